The number of unbranched alkanes of at least 4 members (excludes halogenated alkanes) is 7. The lowest BCUT2D eigenvalue weighted by molar-refractivity contribution is -0.420. The summed E-state index contributed by atoms with van der Waals surface area (Å²) in [7, 11) is 1.57. The number of halogens is 11. The van der Waals surface area contributed by atoms with Crippen LogP contribution in [0.1, 0.15) is 58.3 Å². The lowest BCUT2D eigenvalue weighted by Crippen LogP contribution is -2.66. The first-order valence-electron chi connectivity index (χ1n) is 17.5. The highest BCUT2D eigenvalue weighted by Gasteiger charge is 2.88. The Morgan fingerprint density at radius 3 is 1.20 bits per heavy atom. The van der Waals surface area contributed by atoms with Crippen LogP contribution in [-0.4, -0.2) is 142 Å². The molecule has 0 aromatic heterocycles. The number of hydrogen-bond acceptors (Lipinski definition) is 10. The molecule has 0 aliphatic heterocycles. The summed E-state index contributed by atoms with van der Waals surface area (Å²) in [6.07, 6.45) is -2.71. The van der Waals surface area contributed by atoms with Crippen molar-refractivity contribution in [3.63, 3.8) is 0 Å². The Kier molecular flexibility index (Phi) is 27.3. The van der Waals surface area contributed by atoms with Crippen LogP contribution in [0.4, 0.5) is 48.3 Å². The Labute approximate surface area is 308 Å². The van der Waals surface area contributed by atoms with Gasteiger partial charge in [0, 0.05) is 7.11 Å². The van der Waals surface area contributed by atoms with Crippen LogP contribution in [0.5, 0.6) is 0 Å². The van der Waals surface area contributed by atoms with Crippen molar-refractivity contribution in [1.29, 1.82) is 0 Å². The van der Waals surface area contributed by atoms with E-state index in [2.05, 4.69) is 9.47 Å². The van der Waals surface area contributed by atoms with Crippen molar-refractivity contribution < 1.29 is 95.7 Å². The van der Waals surface area contributed by atoms with E-state index < -0.39 is 67.5 Å². The smallest absolute Gasteiger partial charge is 0.460 e. The molecule has 0 saturated heterocycles. The zero-order valence-corrected chi connectivity index (χ0v) is 30.6. The normalized spacial score (nSPS) is 13.5. The number of methoxy groups -OCH3 is 1. The lowest BCUT2D eigenvalue weighted by atomic mass is 9.96. The highest BCUT2D eigenvalue weighted by Crippen LogP contribution is 2.58. The molecular formula is C33H53F11O10. The molecule has 0 radical (unpaired) electrons. The van der Waals surface area contributed by atoms with Crippen LogP contribution in [0.25, 0.3) is 0 Å². The van der Waals surface area contributed by atoms with Gasteiger partial charge in [0.1, 0.15) is 6.61 Å². The molecule has 0 heterocycles. The molecule has 322 valence electrons. The number of alkyl halides is 11. The minimum Gasteiger partial charge on any atom is -0.491 e. The second-order valence-electron chi connectivity index (χ2n) is 11.5. The fourth-order valence-electron chi connectivity index (χ4n) is 4.06. The number of allylic oxidation sites excluding steroid dienone is 1. The monoisotopic (exact) mass is 818 g/mol. The van der Waals surface area contributed by atoms with E-state index in [1.165, 1.54) is 0 Å². The van der Waals surface area contributed by atoms with Crippen LogP contribution in [0, 0.1) is 0 Å². The predicted octanol–water partition coefficient (Wildman–Crippen LogP) is 7.42. The van der Waals surface area contributed by atoms with Crippen molar-refractivity contribution in [3.8, 4) is 0 Å². The van der Waals surface area contributed by atoms with Gasteiger partial charge in [0.15, 0.2) is 5.76 Å². The number of esters is 1. The van der Waals surface area contributed by atoms with Crippen LogP contribution in [0.2, 0.25) is 0 Å². The molecule has 21 heteroatoms. The van der Waals surface area contributed by atoms with Gasteiger partial charge in [-0.3, -0.25) is 0 Å². The molecule has 54 heavy (non-hydrogen) atoms. The van der Waals surface area contributed by atoms with Gasteiger partial charge in [-0.1, -0.05) is 51.9 Å². The molecular weight excluding hydrogens is 765 g/mol. The van der Waals surface area contributed by atoms with Gasteiger partial charge in [-0.2, -0.15) is 48.3 Å². The summed E-state index contributed by atoms with van der Waals surface area (Å²) in [4.78, 5) is 12.1. The van der Waals surface area contributed by atoms with E-state index >= 15 is 0 Å². The minimum absolute atomic E-state index is 0.0367. The van der Waals surface area contributed by atoms with Gasteiger partial charge in [-0.05, 0) is 6.42 Å². The van der Waals surface area contributed by atoms with Crippen LogP contribution in [-0.2, 0) is 47.4 Å². The third-order valence-electron chi connectivity index (χ3n) is 7.12. The molecule has 0 bridgehead atoms. The van der Waals surface area contributed by atoms with Crippen molar-refractivity contribution >= 4 is 5.97 Å². The quantitative estimate of drug-likeness (QED) is 0.0209. The lowest BCUT2D eigenvalue weighted by Gasteiger charge is -2.37. The van der Waals surface area contributed by atoms with Crippen molar-refractivity contribution in [2.24, 2.45) is 0 Å². The van der Waals surface area contributed by atoms with Gasteiger partial charge in [0.25, 0.3) is 0 Å². The molecule has 0 amide bonds. The Morgan fingerprint density at radius 2 is 0.815 bits per heavy atom. The molecule has 0 spiro atoms. The van der Waals surface area contributed by atoms with E-state index in [0.717, 1.165) is 25.7 Å². The summed E-state index contributed by atoms with van der Waals surface area (Å²) in [5, 5.41) is 0. The molecule has 0 aromatic rings. The van der Waals surface area contributed by atoms with E-state index in [-0.39, 0.29) is 45.9 Å². The molecule has 0 rings (SSSR count). The van der Waals surface area contributed by atoms with Gasteiger partial charge < -0.3 is 42.6 Å². The molecule has 0 atom stereocenters. The van der Waals surface area contributed by atoms with E-state index in [4.69, 9.17) is 33.2 Å². The van der Waals surface area contributed by atoms with Gasteiger partial charge in [-0.15, -0.1) is 0 Å². The Balaban J connectivity index is 4.73. The molecule has 0 aliphatic carbocycles. The number of ether oxygens (including phenoxy) is 9. The third-order valence-corrected chi connectivity index (χ3v) is 7.12. The first kappa shape index (κ1) is 52.0. The summed E-state index contributed by atoms with van der Waals surface area (Å²) in [6, 6.07) is 0. The molecule has 0 unspecified atom stereocenters. The van der Waals surface area contributed by atoms with E-state index in [1.807, 2.05) is 6.92 Å². The van der Waals surface area contributed by atoms with Crippen LogP contribution >= 0.6 is 0 Å². The number of rotatable bonds is 36. The average Bonchev–Trinajstić information content (AvgIpc) is 3.10. The van der Waals surface area contributed by atoms with Crippen molar-refractivity contribution in [2.45, 2.75) is 88.2 Å². The van der Waals surface area contributed by atoms with Crippen molar-refractivity contribution in [2.75, 3.05) is 106 Å². The Bertz CT molecular complexity index is 987. The Morgan fingerprint density at radius 1 is 0.444 bits per heavy atom. The van der Waals surface area contributed by atoms with E-state index in [1.54, 1.807) is 7.11 Å². The molecule has 0 fully saturated rings. The van der Waals surface area contributed by atoms with Crippen molar-refractivity contribution in [3.05, 3.63) is 11.8 Å². The summed E-state index contributed by atoms with van der Waals surface area (Å²) in [5.41, 5.74) is 0. The molecule has 10 nitrogen and oxygen atoms in total. The molecule has 0 aromatic carbocycles. The Hall–Kier alpha value is -2.04. The van der Waals surface area contributed by atoms with Crippen LogP contribution < -0.4 is 0 Å². The van der Waals surface area contributed by atoms with E-state index in [9.17, 15) is 53.1 Å². The largest absolute Gasteiger partial charge is 0.491 e. The third kappa shape index (κ3) is 19.7. The van der Waals surface area contributed by atoms with Crippen LogP contribution in [0.3, 0.4) is 0 Å². The van der Waals surface area contributed by atoms with Gasteiger partial charge in [0.2, 0.25) is 0 Å². The maximum Gasteiger partial charge on any atom is 0.460 e. The topological polar surface area (TPSA) is 100 Å². The van der Waals surface area contributed by atoms with E-state index in [0.29, 0.717) is 59.1 Å². The molecule has 0 aliphatic rings. The van der Waals surface area contributed by atoms with Gasteiger partial charge in [0.05, 0.1) is 98.6 Å². The second-order valence-corrected chi connectivity index (χ2v) is 11.5. The summed E-state index contributed by atoms with van der Waals surface area (Å²) in [5.74, 6) is -33.6. The maximum absolute atomic E-state index is 14.8. The fraction of sp³-hybridized carbons (Fsp3) is 0.909. The predicted molar refractivity (Wildman–Crippen MR) is 170 cm³/mol. The summed E-state index contributed by atoms with van der Waals surface area (Å²) < 4.78 is 196. The highest BCUT2D eigenvalue weighted by molar-refractivity contribution is 5.82. The standard InChI is InChI=1S/C33H53F11O10/c1-3-4-5-6-7-8-9-10-11-53-27(29(34,35)30(36,37)31(38,39)32(40,41)33(42,43)44)26-28(45)54-25-24-52-23-22-51-21-20-50-19-18-49-17-16-48-15-14-47-13-12-46-2/h26H,3-25H2,1-2H3/b27-26-. The number of carbonyl (C=O) groups excluding carboxylic acids is 1. The number of hydrogen-bond donors (Lipinski definition) is 0. The maximum atomic E-state index is 14.8. The van der Waals surface area contributed by atoms with Gasteiger partial charge in [-0.25, -0.2) is 4.79 Å². The summed E-state index contributed by atoms with van der Waals surface area (Å²) >= 11 is 0. The highest BCUT2D eigenvalue weighted by atomic mass is 19.4. The minimum atomic E-state index is -7.67. The first-order valence-corrected chi connectivity index (χ1v) is 17.5. The average molecular weight is 819 g/mol. The zero-order valence-electron chi connectivity index (χ0n) is 30.6. The van der Waals surface area contributed by atoms with Crippen molar-refractivity contribution in [1.82, 2.24) is 0 Å². The number of carbonyl (C=O) groups is 1. The molecule has 0 saturated carbocycles. The van der Waals surface area contributed by atoms with Crippen LogP contribution in [0.15, 0.2) is 11.8 Å². The SMILES string of the molecule is CCCCCCCCCCO/C(=C\C(=O)OCCOCCOCCOCCOCCOCCOCCOC)C(F)(F)C(F)(F)C(F)(F)C(F)(F)C(F)(F)F. The van der Waals surface area contributed by atoms with Gasteiger partial charge >= 0.3 is 35.8 Å². The second kappa shape index (κ2) is 28.4. The fourth-order valence-corrected chi connectivity index (χ4v) is 4.06. The molecule has 0 N–H and O–H groups in total. The zero-order chi connectivity index (χ0) is 41.0. The first-order chi connectivity index (χ1) is 25.4. The summed E-state index contributed by atoms with van der Waals surface area (Å²) in [6.45, 7) is 3.60.